The second-order valence-corrected chi connectivity index (χ2v) is 3.46. The van der Waals surface area contributed by atoms with Crippen LogP contribution in [-0.4, -0.2) is 16.9 Å². The lowest BCUT2D eigenvalue weighted by Crippen LogP contribution is -2.03. The molecule has 0 bridgehead atoms. The average Bonchev–Trinajstić information content (AvgIpc) is 2.82. The van der Waals surface area contributed by atoms with Crippen LogP contribution in [0.25, 0.3) is 0 Å². The molecule has 86 valence electrons. The molecule has 0 amide bonds. The molecule has 0 unspecified atom stereocenters. The van der Waals surface area contributed by atoms with Crippen molar-refractivity contribution in [3.05, 3.63) is 47.5 Å². The molecule has 5 heteroatoms. The molecule has 17 heavy (non-hydrogen) atoms. The Kier molecular flexibility index (Phi) is 3.06. The van der Waals surface area contributed by atoms with Gasteiger partial charge in [-0.15, -0.1) is 0 Å². The maximum absolute atomic E-state index is 13.5. The standard InChI is InChI=1S/C12H10FN3O/c1-17-12-6-9(7-14)11(13)5-10(12)8-16-4-2-3-15-16/h2-6H,8H2,1H3. The van der Waals surface area contributed by atoms with Crippen LogP contribution in [0.3, 0.4) is 0 Å². The van der Waals surface area contributed by atoms with Crippen LogP contribution in [-0.2, 0) is 6.54 Å². The van der Waals surface area contributed by atoms with Crippen LogP contribution in [0.15, 0.2) is 30.6 Å². The van der Waals surface area contributed by atoms with Crippen LogP contribution in [0.4, 0.5) is 4.39 Å². The maximum atomic E-state index is 13.5. The van der Waals surface area contributed by atoms with E-state index in [0.717, 1.165) is 0 Å². The number of rotatable bonds is 3. The lowest BCUT2D eigenvalue weighted by Gasteiger charge is -2.09. The van der Waals surface area contributed by atoms with Gasteiger partial charge in [-0.2, -0.15) is 10.4 Å². The predicted octanol–water partition coefficient (Wildman–Crippen LogP) is 1.95. The summed E-state index contributed by atoms with van der Waals surface area (Å²) in [5.41, 5.74) is 0.624. The van der Waals surface area contributed by atoms with E-state index in [1.807, 2.05) is 0 Å². The number of nitriles is 1. The Balaban J connectivity index is 2.40. The van der Waals surface area contributed by atoms with Gasteiger partial charge >= 0.3 is 0 Å². The molecule has 1 aromatic carbocycles. The summed E-state index contributed by atoms with van der Waals surface area (Å²) >= 11 is 0. The molecule has 4 nitrogen and oxygen atoms in total. The van der Waals surface area contributed by atoms with Crippen molar-refractivity contribution in [1.82, 2.24) is 9.78 Å². The molecule has 1 heterocycles. The van der Waals surface area contributed by atoms with Gasteiger partial charge in [0.2, 0.25) is 0 Å². The molecule has 1 aromatic heterocycles. The third-order valence-electron chi connectivity index (χ3n) is 2.38. The van der Waals surface area contributed by atoms with E-state index in [1.165, 1.54) is 19.2 Å². The number of nitrogens with zero attached hydrogens (tertiary/aromatic N) is 3. The number of aromatic nitrogens is 2. The summed E-state index contributed by atoms with van der Waals surface area (Å²) in [6.07, 6.45) is 3.42. The van der Waals surface area contributed by atoms with Crippen LogP contribution < -0.4 is 4.74 Å². The van der Waals surface area contributed by atoms with Crippen LogP contribution in [0.5, 0.6) is 5.75 Å². The summed E-state index contributed by atoms with van der Waals surface area (Å²) in [5, 5.41) is 12.8. The van der Waals surface area contributed by atoms with Crippen LogP contribution in [0.1, 0.15) is 11.1 Å². The molecule has 2 aromatic rings. The van der Waals surface area contributed by atoms with Gasteiger partial charge in [-0.3, -0.25) is 4.68 Å². The van der Waals surface area contributed by atoms with Crippen LogP contribution >= 0.6 is 0 Å². The molecule has 0 fully saturated rings. The molecular formula is C12H10FN3O. The minimum Gasteiger partial charge on any atom is -0.496 e. The van der Waals surface area contributed by atoms with Crippen molar-refractivity contribution in [1.29, 1.82) is 5.26 Å². The number of halogens is 1. The van der Waals surface area contributed by atoms with E-state index in [-0.39, 0.29) is 5.56 Å². The Morgan fingerprint density at radius 1 is 1.53 bits per heavy atom. The fraction of sp³-hybridized carbons (Fsp3) is 0.167. The predicted molar refractivity (Wildman–Crippen MR) is 59.0 cm³/mol. The number of hydrogen-bond acceptors (Lipinski definition) is 3. The first-order chi connectivity index (χ1) is 8.24. The van der Waals surface area contributed by atoms with Gasteiger partial charge in [0.25, 0.3) is 0 Å². The Labute approximate surface area is 97.9 Å². The summed E-state index contributed by atoms with van der Waals surface area (Å²) in [6.45, 7) is 0.402. The van der Waals surface area contributed by atoms with E-state index in [9.17, 15) is 4.39 Å². The molecule has 2 rings (SSSR count). The van der Waals surface area contributed by atoms with Gasteiger partial charge in [0, 0.05) is 24.0 Å². The van der Waals surface area contributed by atoms with E-state index in [4.69, 9.17) is 10.00 Å². The Hall–Kier alpha value is -2.35. The highest BCUT2D eigenvalue weighted by Crippen LogP contribution is 2.23. The minimum atomic E-state index is -0.546. The van der Waals surface area contributed by atoms with E-state index >= 15 is 0 Å². The second kappa shape index (κ2) is 4.66. The lowest BCUT2D eigenvalue weighted by atomic mass is 10.1. The molecule has 0 aliphatic heterocycles. The summed E-state index contributed by atoms with van der Waals surface area (Å²) in [4.78, 5) is 0. The molecule has 0 saturated carbocycles. The largest absolute Gasteiger partial charge is 0.496 e. The summed E-state index contributed by atoms with van der Waals surface area (Å²) in [5.74, 6) is -0.0612. The van der Waals surface area contributed by atoms with Gasteiger partial charge in [0.05, 0.1) is 19.2 Å². The van der Waals surface area contributed by atoms with E-state index in [1.54, 1.807) is 29.2 Å². The normalized spacial score (nSPS) is 9.94. The highest BCUT2D eigenvalue weighted by atomic mass is 19.1. The van der Waals surface area contributed by atoms with Gasteiger partial charge in [-0.25, -0.2) is 4.39 Å². The van der Waals surface area contributed by atoms with Gasteiger partial charge in [0.1, 0.15) is 17.6 Å². The van der Waals surface area contributed by atoms with E-state index in [2.05, 4.69) is 5.10 Å². The van der Waals surface area contributed by atoms with E-state index < -0.39 is 5.82 Å². The van der Waals surface area contributed by atoms with Crippen molar-refractivity contribution in [2.75, 3.05) is 7.11 Å². The molecular weight excluding hydrogens is 221 g/mol. The Bertz CT molecular complexity index is 558. The SMILES string of the molecule is COc1cc(C#N)c(F)cc1Cn1cccn1. The number of ether oxygens (including phenoxy) is 1. The summed E-state index contributed by atoms with van der Waals surface area (Å²) in [6, 6.07) is 6.26. The Morgan fingerprint density at radius 3 is 2.94 bits per heavy atom. The van der Waals surface area contributed by atoms with Crippen molar-refractivity contribution in [2.24, 2.45) is 0 Å². The van der Waals surface area contributed by atoms with Crippen LogP contribution in [0.2, 0.25) is 0 Å². The molecule has 0 N–H and O–H groups in total. The first kappa shape index (κ1) is 11.1. The fourth-order valence-electron chi connectivity index (χ4n) is 1.56. The summed E-state index contributed by atoms with van der Waals surface area (Å²) in [7, 11) is 1.49. The zero-order chi connectivity index (χ0) is 12.3. The third kappa shape index (κ3) is 2.26. The molecule has 0 aliphatic rings. The quantitative estimate of drug-likeness (QED) is 0.811. The molecule has 0 atom stereocenters. The van der Waals surface area contributed by atoms with Crippen molar-refractivity contribution >= 4 is 0 Å². The van der Waals surface area contributed by atoms with Crippen molar-refractivity contribution < 1.29 is 9.13 Å². The maximum Gasteiger partial charge on any atom is 0.141 e. The highest BCUT2D eigenvalue weighted by molar-refractivity contribution is 5.43. The molecule has 0 spiro atoms. The van der Waals surface area contributed by atoms with Gasteiger partial charge < -0.3 is 4.74 Å². The smallest absolute Gasteiger partial charge is 0.141 e. The van der Waals surface area contributed by atoms with Crippen LogP contribution in [0, 0.1) is 17.1 Å². The minimum absolute atomic E-state index is 0.0222. The fourth-order valence-corrected chi connectivity index (χ4v) is 1.56. The molecule has 0 radical (unpaired) electrons. The van der Waals surface area contributed by atoms with Crippen molar-refractivity contribution in [3.63, 3.8) is 0 Å². The summed E-state index contributed by atoms with van der Waals surface area (Å²) < 4.78 is 20.3. The number of benzene rings is 1. The third-order valence-corrected chi connectivity index (χ3v) is 2.38. The average molecular weight is 231 g/mol. The zero-order valence-corrected chi connectivity index (χ0v) is 9.22. The number of methoxy groups -OCH3 is 1. The monoisotopic (exact) mass is 231 g/mol. The van der Waals surface area contributed by atoms with Gasteiger partial charge in [0.15, 0.2) is 0 Å². The molecule has 0 saturated heterocycles. The lowest BCUT2D eigenvalue weighted by molar-refractivity contribution is 0.405. The van der Waals surface area contributed by atoms with Crippen molar-refractivity contribution in [3.8, 4) is 11.8 Å². The van der Waals surface area contributed by atoms with Crippen molar-refractivity contribution in [2.45, 2.75) is 6.54 Å². The topological polar surface area (TPSA) is 50.8 Å². The zero-order valence-electron chi connectivity index (χ0n) is 9.22. The molecule has 0 aliphatic carbocycles. The first-order valence-electron chi connectivity index (χ1n) is 4.98. The second-order valence-electron chi connectivity index (χ2n) is 3.46. The Morgan fingerprint density at radius 2 is 2.35 bits per heavy atom. The highest BCUT2D eigenvalue weighted by Gasteiger charge is 2.10. The van der Waals surface area contributed by atoms with Gasteiger partial charge in [-0.1, -0.05) is 0 Å². The van der Waals surface area contributed by atoms with Gasteiger partial charge in [-0.05, 0) is 12.1 Å². The number of hydrogen-bond donors (Lipinski definition) is 0. The first-order valence-corrected chi connectivity index (χ1v) is 4.98. The van der Waals surface area contributed by atoms with E-state index in [0.29, 0.717) is 17.9 Å².